The maximum Gasteiger partial charge on any atom is 0.0174 e. The fourth-order valence-corrected chi connectivity index (χ4v) is 2.04. The van der Waals surface area contributed by atoms with Crippen LogP contribution in [0.3, 0.4) is 0 Å². The van der Waals surface area contributed by atoms with Crippen molar-refractivity contribution in [3.05, 3.63) is 11.6 Å². The number of halogens is 1. The van der Waals surface area contributed by atoms with Crippen molar-refractivity contribution in [1.82, 2.24) is 10.2 Å². The molecule has 1 saturated heterocycles. The average Bonchev–Trinajstić information content (AvgIpc) is 2.16. The minimum atomic E-state index is 0.822. The number of nitrogens with zero attached hydrogens (tertiary/aromatic N) is 1. The summed E-state index contributed by atoms with van der Waals surface area (Å²) in [7, 11) is 2.03. The van der Waals surface area contributed by atoms with Crippen LogP contribution in [0.25, 0.3) is 0 Å². The van der Waals surface area contributed by atoms with Gasteiger partial charge in [0.15, 0.2) is 0 Å². The highest BCUT2D eigenvalue weighted by molar-refractivity contribution is 6.25. The molecular formula is C10H19ClN2. The number of nitrogens with one attached hydrogen (secondary N) is 1. The zero-order valence-electron chi connectivity index (χ0n) is 8.30. The summed E-state index contributed by atoms with van der Waals surface area (Å²) in [5.74, 6) is 0.822. The topological polar surface area (TPSA) is 15.3 Å². The molecule has 0 aromatic rings. The molecule has 0 aromatic carbocycles. The lowest BCUT2D eigenvalue weighted by Gasteiger charge is -2.31. The molecule has 13 heavy (non-hydrogen) atoms. The Kier molecular flexibility index (Phi) is 5.44. The normalized spacial score (nSPS) is 25.5. The summed E-state index contributed by atoms with van der Waals surface area (Å²) >= 11 is 5.50. The van der Waals surface area contributed by atoms with Crippen LogP contribution in [0.5, 0.6) is 0 Å². The molecule has 0 bridgehead atoms. The van der Waals surface area contributed by atoms with E-state index in [1.807, 2.05) is 13.1 Å². The van der Waals surface area contributed by atoms with Gasteiger partial charge in [-0.05, 0) is 38.9 Å². The molecule has 1 aliphatic rings. The van der Waals surface area contributed by atoms with Gasteiger partial charge < -0.3 is 5.32 Å². The largest absolute Gasteiger partial charge is 0.319 e. The molecule has 76 valence electrons. The van der Waals surface area contributed by atoms with Crippen molar-refractivity contribution >= 4 is 11.6 Å². The van der Waals surface area contributed by atoms with Crippen LogP contribution in [-0.4, -0.2) is 38.1 Å². The fourth-order valence-electron chi connectivity index (χ4n) is 1.96. The lowest BCUT2D eigenvalue weighted by molar-refractivity contribution is 0.190. The summed E-state index contributed by atoms with van der Waals surface area (Å²) in [6.45, 7) is 4.58. The van der Waals surface area contributed by atoms with Crippen molar-refractivity contribution < 1.29 is 0 Å². The van der Waals surface area contributed by atoms with E-state index in [4.69, 9.17) is 11.6 Å². The quantitative estimate of drug-likeness (QED) is 0.746. The Hall–Kier alpha value is -0.0500. The van der Waals surface area contributed by atoms with E-state index in [0.717, 1.165) is 19.0 Å². The molecule has 1 heterocycles. The van der Waals surface area contributed by atoms with Crippen LogP contribution < -0.4 is 5.32 Å². The van der Waals surface area contributed by atoms with Crippen LogP contribution in [0.1, 0.15) is 12.8 Å². The number of likely N-dealkylation sites (tertiary alicyclic amines) is 1. The molecule has 1 fully saturated rings. The maximum absolute atomic E-state index is 5.50. The predicted molar refractivity (Wildman–Crippen MR) is 58.1 cm³/mol. The van der Waals surface area contributed by atoms with Crippen molar-refractivity contribution in [2.75, 3.05) is 33.2 Å². The molecule has 1 atom stereocenters. The molecule has 1 aliphatic heterocycles. The molecule has 0 aromatic heterocycles. The lowest BCUT2D eigenvalue weighted by Crippen LogP contribution is -2.38. The van der Waals surface area contributed by atoms with Crippen molar-refractivity contribution in [1.29, 1.82) is 0 Å². The SMILES string of the molecule is CNCC1CCCN(C/C=C/Cl)C1. The maximum atomic E-state index is 5.50. The van der Waals surface area contributed by atoms with Gasteiger partial charge >= 0.3 is 0 Å². The molecule has 1 rings (SSSR count). The Morgan fingerprint density at radius 1 is 1.62 bits per heavy atom. The van der Waals surface area contributed by atoms with E-state index < -0.39 is 0 Å². The highest BCUT2D eigenvalue weighted by Crippen LogP contribution is 2.15. The molecule has 0 spiro atoms. The predicted octanol–water partition coefficient (Wildman–Crippen LogP) is 1.67. The second kappa shape index (κ2) is 6.41. The van der Waals surface area contributed by atoms with Gasteiger partial charge in [0, 0.05) is 18.6 Å². The van der Waals surface area contributed by atoms with E-state index >= 15 is 0 Å². The number of hydrogen-bond acceptors (Lipinski definition) is 2. The Morgan fingerprint density at radius 3 is 3.15 bits per heavy atom. The Morgan fingerprint density at radius 2 is 2.46 bits per heavy atom. The van der Waals surface area contributed by atoms with E-state index in [0.29, 0.717) is 0 Å². The van der Waals surface area contributed by atoms with Gasteiger partial charge in [0.1, 0.15) is 0 Å². The number of piperidine rings is 1. The van der Waals surface area contributed by atoms with Crippen molar-refractivity contribution in [3.8, 4) is 0 Å². The number of hydrogen-bond donors (Lipinski definition) is 1. The number of rotatable bonds is 4. The minimum absolute atomic E-state index is 0.822. The molecule has 1 unspecified atom stereocenters. The molecule has 0 aliphatic carbocycles. The summed E-state index contributed by atoms with van der Waals surface area (Å²) in [5, 5.41) is 3.24. The Labute approximate surface area is 85.9 Å². The third-order valence-corrected chi connectivity index (χ3v) is 2.73. The van der Waals surface area contributed by atoms with Crippen LogP contribution in [-0.2, 0) is 0 Å². The van der Waals surface area contributed by atoms with Gasteiger partial charge in [-0.15, -0.1) is 0 Å². The molecular weight excluding hydrogens is 184 g/mol. The molecule has 1 N–H and O–H groups in total. The van der Waals surface area contributed by atoms with E-state index in [9.17, 15) is 0 Å². The lowest BCUT2D eigenvalue weighted by atomic mass is 9.98. The fraction of sp³-hybridized carbons (Fsp3) is 0.800. The molecule has 3 heteroatoms. The summed E-state index contributed by atoms with van der Waals surface area (Å²) < 4.78 is 0. The third kappa shape index (κ3) is 4.12. The molecule has 0 amide bonds. The minimum Gasteiger partial charge on any atom is -0.319 e. The van der Waals surface area contributed by atoms with Crippen LogP contribution in [0.15, 0.2) is 11.6 Å². The van der Waals surface area contributed by atoms with E-state index in [2.05, 4.69) is 10.2 Å². The summed E-state index contributed by atoms with van der Waals surface area (Å²) in [5.41, 5.74) is 1.61. The standard InChI is InChI=1S/C10H19ClN2/c1-12-8-10-4-2-6-13(9-10)7-3-5-11/h3,5,10,12H,2,4,6-9H2,1H3/b5-3+. The van der Waals surface area contributed by atoms with Crippen molar-refractivity contribution in [3.63, 3.8) is 0 Å². The first-order chi connectivity index (χ1) is 6.36. The van der Waals surface area contributed by atoms with Crippen LogP contribution in [0.2, 0.25) is 0 Å². The Bertz CT molecular complexity index is 157. The smallest absolute Gasteiger partial charge is 0.0174 e. The first kappa shape index (κ1) is 11.0. The van der Waals surface area contributed by atoms with Gasteiger partial charge in [0.05, 0.1) is 0 Å². The monoisotopic (exact) mass is 202 g/mol. The second-order valence-corrected chi connectivity index (χ2v) is 3.94. The zero-order chi connectivity index (χ0) is 9.52. The summed E-state index contributed by atoms with van der Waals surface area (Å²) in [6.07, 6.45) is 4.70. The summed E-state index contributed by atoms with van der Waals surface area (Å²) in [6, 6.07) is 0. The van der Waals surface area contributed by atoms with Gasteiger partial charge in [-0.2, -0.15) is 0 Å². The van der Waals surface area contributed by atoms with Gasteiger partial charge in [0.25, 0.3) is 0 Å². The first-order valence-electron chi connectivity index (χ1n) is 4.99. The average molecular weight is 203 g/mol. The Balaban J connectivity index is 2.24. The van der Waals surface area contributed by atoms with Crippen LogP contribution in [0, 0.1) is 5.92 Å². The van der Waals surface area contributed by atoms with Crippen LogP contribution in [0.4, 0.5) is 0 Å². The van der Waals surface area contributed by atoms with E-state index in [1.54, 1.807) is 5.54 Å². The second-order valence-electron chi connectivity index (χ2n) is 3.69. The highest BCUT2D eigenvalue weighted by Gasteiger charge is 2.17. The zero-order valence-corrected chi connectivity index (χ0v) is 9.06. The van der Waals surface area contributed by atoms with Gasteiger partial charge in [0.2, 0.25) is 0 Å². The molecule has 2 nitrogen and oxygen atoms in total. The van der Waals surface area contributed by atoms with Gasteiger partial charge in [-0.25, -0.2) is 0 Å². The van der Waals surface area contributed by atoms with Gasteiger partial charge in [-0.1, -0.05) is 17.7 Å². The highest BCUT2D eigenvalue weighted by atomic mass is 35.5. The van der Waals surface area contributed by atoms with Crippen LogP contribution >= 0.6 is 11.6 Å². The van der Waals surface area contributed by atoms with E-state index in [1.165, 1.54) is 25.9 Å². The first-order valence-corrected chi connectivity index (χ1v) is 5.42. The molecule has 0 saturated carbocycles. The van der Waals surface area contributed by atoms with Crippen molar-refractivity contribution in [2.24, 2.45) is 5.92 Å². The van der Waals surface area contributed by atoms with Gasteiger partial charge in [-0.3, -0.25) is 4.90 Å². The van der Waals surface area contributed by atoms with E-state index in [-0.39, 0.29) is 0 Å². The van der Waals surface area contributed by atoms with Crippen molar-refractivity contribution in [2.45, 2.75) is 12.8 Å². The molecule has 0 radical (unpaired) electrons. The summed E-state index contributed by atoms with van der Waals surface area (Å²) in [4.78, 5) is 2.46. The third-order valence-electron chi connectivity index (χ3n) is 2.55.